The third-order valence-electron chi connectivity index (χ3n) is 7.96. The standard InChI is InChI=1S/C36H24N2O/c1-21-22(2)38-36-30-16-14-25(19-31(30)27-10-3-4-12-29(27)35(36)37-21)23-8-7-9-24(18-23)26-15-17-34-32(20-26)28-11-5-6-13-33(28)39-34/h3-20H,1-2H3. The molecule has 39 heavy (non-hydrogen) atoms. The maximum Gasteiger partial charge on any atom is 0.135 e. The van der Waals surface area contributed by atoms with Crippen molar-refractivity contribution in [3.63, 3.8) is 0 Å². The lowest BCUT2D eigenvalue weighted by molar-refractivity contribution is 0.669. The number of hydrogen-bond acceptors (Lipinski definition) is 3. The van der Waals surface area contributed by atoms with Gasteiger partial charge in [0, 0.05) is 21.5 Å². The Morgan fingerprint density at radius 3 is 1.69 bits per heavy atom. The second-order valence-electron chi connectivity index (χ2n) is 10.3. The Hall–Kier alpha value is -5.02. The maximum atomic E-state index is 6.05. The molecule has 0 N–H and O–H groups in total. The van der Waals surface area contributed by atoms with Crippen molar-refractivity contribution < 1.29 is 4.42 Å². The lowest BCUT2D eigenvalue weighted by atomic mass is 9.94. The summed E-state index contributed by atoms with van der Waals surface area (Å²) in [6.45, 7) is 4.07. The van der Waals surface area contributed by atoms with Crippen molar-refractivity contribution in [3.05, 3.63) is 121 Å². The number of aromatic nitrogens is 2. The Bertz CT molecular complexity index is 2260. The molecule has 8 aromatic rings. The van der Waals surface area contributed by atoms with Gasteiger partial charge in [-0.3, -0.25) is 0 Å². The van der Waals surface area contributed by atoms with Crippen molar-refractivity contribution in [1.29, 1.82) is 0 Å². The Labute approximate surface area is 225 Å². The highest BCUT2D eigenvalue weighted by molar-refractivity contribution is 6.23. The van der Waals surface area contributed by atoms with Gasteiger partial charge in [0.05, 0.1) is 22.4 Å². The predicted molar refractivity (Wildman–Crippen MR) is 162 cm³/mol. The zero-order valence-electron chi connectivity index (χ0n) is 21.7. The first-order chi connectivity index (χ1) is 19.1. The molecular weight excluding hydrogens is 476 g/mol. The number of nitrogens with zero attached hydrogens (tertiary/aromatic N) is 2. The van der Waals surface area contributed by atoms with Crippen molar-refractivity contribution in [2.45, 2.75) is 13.8 Å². The summed E-state index contributed by atoms with van der Waals surface area (Å²) in [4.78, 5) is 9.93. The van der Waals surface area contributed by atoms with E-state index in [1.165, 1.54) is 33.0 Å². The third-order valence-corrected chi connectivity index (χ3v) is 7.96. The molecule has 0 amide bonds. The molecule has 0 unspecified atom stereocenters. The fraction of sp³-hybridized carbons (Fsp3) is 0.0556. The molecule has 0 aliphatic carbocycles. The molecule has 3 nitrogen and oxygen atoms in total. The molecule has 2 aromatic heterocycles. The number of aryl methyl sites for hydroxylation is 2. The highest BCUT2D eigenvalue weighted by Gasteiger charge is 2.14. The number of rotatable bonds is 2. The highest BCUT2D eigenvalue weighted by Crippen LogP contribution is 2.37. The molecule has 0 saturated carbocycles. The van der Waals surface area contributed by atoms with Crippen LogP contribution in [0.1, 0.15) is 11.4 Å². The minimum atomic E-state index is 0.915. The predicted octanol–water partition coefficient (Wildman–Crippen LogP) is 9.79. The molecule has 0 aliphatic heterocycles. The number of hydrogen-bond donors (Lipinski definition) is 0. The number of fused-ring (bicyclic) bond motifs is 9. The SMILES string of the molecule is Cc1nc2c3ccccc3c3cc(-c4cccc(-c5ccc6oc7ccccc7c6c5)c4)ccc3c2nc1C. The van der Waals surface area contributed by atoms with Gasteiger partial charge in [0.2, 0.25) is 0 Å². The molecule has 0 saturated heterocycles. The van der Waals surface area contributed by atoms with Crippen LogP contribution in [-0.2, 0) is 0 Å². The maximum absolute atomic E-state index is 6.05. The summed E-state index contributed by atoms with van der Waals surface area (Å²) in [6, 6.07) is 38.7. The molecule has 2 heterocycles. The Morgan fingerprint density at radius 2 is 0.949 bits per heavy atom. The van der Waals surface area contributed by atoms with E-state index in [0.717, 1.165) is 55.1 Å². The van der Waals surface area contributed by atoms with E-state index in [2.05, 4.69) is 97.1 Å². The first-order valence-corrected chi connectivity index (χ1v) is 13.3. The summed E-state index contributed by atoms with van der Waals surface area (Å²) in [7, 11) is 0. The highest BCUT2D eigenvalue weighted by atomic mass is 16.3. The third kappa shape index (κ3) is 3.37. The molecule has 0 bridgehead atoms. The van der Waals surface area contributed by atoms with Crippen molar-refractivity contribution in [1.82, 2.24) is 9.97 Å². The second kappa shape index (κ2) is 8.24. The molecule has 8 rings (SSSR count). The van der Waals surface area contributed by atoms with E-state index in [-0.39, 0.29) is 0 Å². The van der Waals surface area contributed by atoms with E-state index in [1.54, 1.807) is 0 Å². The average Bonchev–Trinajstić information content (AvgIpc) is 3.36. The summed E-state index contributed by atoms with van der Waals surface area (Å²) in [5.41, 5.74) is 10.4. The molecule has 0 atom stereocenters. The summed E-state index contributed by atoms with van der Waals surface area (Å²) in [5, 5.41) is 6.97. The first kappa shape index (κ1) is 22.0. The fourth-order valence-electron chi connectivity index (χ4n) is 5.84. The first-order valence-electron chi connectivity index (χ1n) is 13.3. The minimum Gasteiger partial charge on any atom is -0.456 e. The van der Waals surface area contributed by atoms with Crippen LogP contribution >= 0.6 is 0 Å². The average molecular weight is 501 g/mol. The van der Waals surface area contributed by atoms with E-state index in [0.29, 0.717) is 0 Å². The van der Waals surface area contributed by atoms with Gasteiger partial charge in [-0.15, -0.1) is 0 Å². The summed E-state index contributed by atoms with van der Waals surface area (Å²) in [6.07, 6.45) is 0. The molecule has 6 aromatic carbocycles. The van der Waals surface area contributed by atoms with Gasteiger partial charge in [-0.05, 0) is 77.2 Å². The van der Waals surface area contributed by atoms with Gasteiger partial charge in [-0.25, -0.2) is 9.97 Å². The minimum absolute atomic E-state index is 0.915. The molecule has 0 fully saturated rings. The fourth-order valence-corrected chi connectivity index (χ4v) is 5.84. The van der Waals surface area contributed by atoms with Crippen LogP contribution in [-0.4, -0.2) is 9.97 Å². The zero-order chi connectivity index (χ0) is 26.1. The Morgan fingerprint density at radius 1 is 0.410 bits per heavy atom. The van der Waals surface area contributed by atoms with Gasteiger partial charge in [-0.1, -0.05) is 78.9 Å². The van der Waals surface area contributed by atoms with E-state index < -0.39 is 0 Å². The second-order valence-corrected chi connectivity index (χ2v) is 10.3. The summed E-state index contributed by atoms with van der Waals surface area (Å²) >= 11 is 0. The monoisotopic (exact) mass is 500 g/mol. The van der Waals surface area contributed by atoms with Crippen LogP contribution < -0.4 is 0 Å². The topological polar surface area (TPSA) is 38.9 Å². The van der Waals surface area contributed by atoms with Crippen LogP contribution in [0.3, 0.4) is 0 Å². The molecule has 184 valence electrons. The lowest BCUT2D eigenvalue weighted by Crippen LogP contribution is -1.96. The molecule has 0 aliphatic rings. The van der Waals surface area contributed by atoms with Crippen LogP contribution in [0.15, 0.2) is 114 Å². The van der Waals surface area contributed by atoms with E-state index in [1.807, 2.05) is 26.0 Å². The van der Waals surface area contributed by atoms with Gasteiger partial charge in [0.25, 0.3) is 0 Å². The van der Waals surface area contributed by atoms with Crippen LogP contribution in [0.5, 0.6) is 0 Å². The van der Waals surface area contributed by atoms with Crippen molar-refractivity contribution in [2.24, 2.45) is 0 Å². The molecule has 0 spiro atoms. The van der Waals surface area contributed by atoms with Gasteiger partial charge in [0.1, 0.15) is 11.2 Å². The van der Waals surface area contributed by atoms with Gasteiger partial charge >= 0.3 is 0 Å². The largest absolute Gasteiger partial charge is 0.456 e. The van der Waals surface area contributed by atoms with Gasteiger partial charge < -0.3 is 4.42 Å². The zero-order valence-corrected chi connectivity index (χ0v) is 21.7. The van der Waals surface area contributed by atoms with E-state index in [4.69, 9.17) is 14.4 Å². The summed E-state index contributed by atoms with van der Waals surface area (Å²) < 4.78 is 6.05. The van der Waals surface area contributed by atoms with Crippen LogP contribution in [0.25, 0.3) is 76.8 Å². The number of furan rings is 1. The lowest BCUT2D eigenvalue weighted by Gasteiger charge is -2.13. The molecule has 0 radical (unpaired) electrons. The van der Waals surface area contributed by atoms with Gasteiger partial charge in [0.15, 0.2) is 0 Å². The van der Waals surface area contributed by atoms with Crippen LogP contribution in [0.4, 0.5) is 0 Å². The quantitative estimate of drug-likeness (QED) is 0.222. The van der Waals surface area contributed by atoms with Crippen LogP contribution in [0, 0.1) is 13.8 Å². The van der Waals surface area contributed by atoms with Gasteiger partial charge in [-0.2, -0.15) is 0 Å². The van der Waals surface area contributed by atoms with E-state index >= 15 is 0 Å². The smallest absolute Gasteiger partial charge is 0.135 e. The molecular formula is C36H24N2O. The summed E-state index contributed by atoms with van der Waals surface area (Å²) in [5.74, 6) is 0. The van der Waals surface area contributed by atoms with Crippen molar-refractivity contribution in [2.75, 3.05) is 0 Å². The van der Waals surface area contributed by atoms with E-state index in [9.17, 15) is 0 Å². The van der Waals surface area contributed by atoms with Crippen molar-refractivity contribution in [3.8, 4) is 22.3 Å². The van der Waals surface area contributed by atoms with Crippen LogP contribution in [0.2, 0.25) is 0 Å². The normalized spacial score (nSPS) is 11.8. The van der Waals surface area contributed by atoms with Crippen molar-refractivity contribution >= 4 is 54.5 Å². The number of benzene rings is 6. The molecule has 3 heteroatoms. The Kier molecular flexibility index (Phi) is 4.65. The Balaban J connectivity index is 1.31. The number of para-hydroxylation sites is 1.